The van der Waals surface area contributed by atoms with Crippen LogP contribution in [0.25, 0.3) is 0 Å². The summed E-state index contributed by atoms with van der Waals surface area (Å²) in [6.45, 7) is 2.70. The minimum absolute atomic E-state index is 0.235. The Morgan fingerprint density at radius 1 is 0.420 bits per heavy atom. The Kier molecular flexibility index (Phi) is 54.4. The van der Waals surface area contributed by atoms with E-state index < -0.39 is 86.8 Å². The Balaban J connectivity index is 1.52. The molecular formula is C74H135NO13. The van der Waals surface area contributed by atoms with Crippen LogP contribution in [0.1, 0.15) is 309 Å². The van der Waals surface area contributed by atoms with Crippen molar-refractivity contribution in [3.8, 4) is 0 Å². The van der Waals surface area contributed by atoms with Crippen LogP contribution in [0.5, 0.6) is 0 Å². The first-order chi connectivity index (χ1) is 43.1. The smallest absolute Gasteiger partial charge is 0.220 e. The van der Waals surface area contributed by atoms with Gasteiger partial charge in [-0.3, -0.25) is 4.79 Å². The molecule has 1 amide bonds. The van der Waals surface area contributed by atoms with E-state index in [4.69, 9.17) is 18.9 Å². The van der Waals surface area contributed by atoms with Gasteiger partial charge < -0.3 is 65.1 Å². The molecule has 0 saturated carbocycles. The minimum Gasteiger partial charge on any atom is -0.394 e. The second-order valence-electron chi connectivity index (χ2n) is 25.7. The van der Waals surface area contributed by atoms with Crippen LogP contribution in [0.15, 0.2) is 60.8 Å². The highest BCUT2D eigenvalue weighted by molar-refractivity contribution is 5.76. The molecule has 0 bridgehead atoms. The summed E-state index contributed by atoms with van der Waals surface area (Å²) in [6, 6.07) is -0.913. The molecule has 2 saturated heterocycles. The Hall–Kier alpha value is -2.31. The number of hydrogen-bond donors (Lipinski definition) is 9. The summed E-state index contributed by atoms with van der Waals surface area (Å²) in [5, 5.41) is 87.2. The maximum absolute atomic E-state index is 13.3. The molecule has 9 N–H and O–H groups in total. The van der Waals surface area contributed by atoms with Crippen LogP contribution < -0.4 is 5.32 Å². The highest BCUT2D eigenvalue weighted by atomic mass is 16.7. The van der Waals surface area contributed by atoms with E-state index in [2.05, 4.69) is 67.8 Å². The van der Waals surface area contributed by atoms with Crippen molar-refractivity contribution in [2.75, 3.05) is 19.8 Å². The number of unbranched alkanes of at least 4 members (excludes halogenated alkanes) is 39. The lowest BCUT2D eigenvalue weighted by molar-refractivity contribution is -0.359. The number of ether oxygens (including phenoxy) is 4. The van der Waals surface area contributed by atoms with Gasteiger partial charge >= 0.3 is 0 Å². The Bertz CT molecular complexity index is 1710. The lowest BCUT2D eigenvalue weighted by atomic mass is 9.97. The second kappa shape index (κ2) is 58.5. The summed E-state index contributed by atoms with van der Waals surface area (Å²) >= 11 is 0. The normalized spacial score (nSPS) is 23.5. The van der Waals surface area contributed by atoms with Gasteiger partial charge in [0.15, 0.2) is 12.6 Å². The topological polar surface area (TPSA) is 228 Å². The van der Waals surface area contributed by atoms with Gasteiger partial charge in [0.05, 0.1) is 32.0 Å². The zero-order valence-electron chi connectivity index (χ0n) is 56.0. The van der Waals surface area contributed by atoms with Crippen LogP contribution in [0.3, 0.4) is 0 Å². The van der Waals surface area contributed by atoms with Gasteiger partial charge in [0.1, 0.15) is 48.8 Å². The molecule has 14 heteroatoms. The molecule has 0 radical (unpaired) electrons. The van der Waals surface area contributed by atoms with Crippen LogP contribution in [0, 0.1) is 0 Å². The van der Waals surface area contributed by atoms with Crippen LogP contribution >= 0.6 is 0 Å². The molecule has 514 valence electrons. The van der Waals surface area contributed by atoms with Crippen molar-refractivity contribution in [3.63, 3.8) is 0 Å². The molecule has 2 aliphatic rings. The standard InChI is InChI=1S/C74H135NO13/c1-3-5-7-9-11-13-15-17-18-19-20-21-22-23-24-25-26-27-28-29-30-31-32-33-34-35-36-37-38-39-40-41-42-43-44-46-48-50-52-54-56-58-66(79)75-62(63(78)57-55-53-51-49-47-45-16-14-12-10-8-6-4-2)61-85-73-71(84)69(82)72(65(60-77)87-73)88-74-70(83)68(81)67(80)64(59-76)86-74/h5,7,11,13,17-18,20-21,55,57,62-65,67-74,76-78,80-84H,3-4,6,8-10,12,14-16,19,22-54,56,58-61H2,1-2H3,(H,75,79)/b7-5-,13-11-,18-17-,21-20-,57-55+. The maximum atomic E-state index is 13.3. The molecular weight excluding hydrogens is 1110 g/mol. The van der Waals surface area contributed by atoms with Gasteiger partial charge in [-0.1, -0.05) is 306 Å². The van der Waals surface area contributed by atoms with Crippen molar-refractivity contribution in [3.05, 3.63) is 60.8 Å². The van der Waals surface area contributed by atoms with Gasteiger partial charge in [-0.2, -0.15) is 0 Å². The first-order valence-electron chi connectivity index (χ1n) is 36.5. The predicted octanol–water partition coefficient (Wildman–Crippen LogP) is 15.2. The number of allylic oxidation sites excluding steroid dienone is 9. The van der Waals surface area contributed by atoms with Crippen molar-refractivity contribution in [1.82, 2.24) is 5.32 Å². The largest absolute Gasteiger partial charge is 0.394 e. The zero-order valence-corrected chi connectivity index (χ0v) is 56.0. The summed E-state index contributed by atoms with van der Waals surface area (Å²) in [7, 11) is 0. The number of carbonyl (C=O) groups excluding carboxylic acids is 1. The van der Waals surface area contributed by atoms with E-state index in [1.807, 2.05) is 6.08 Å². The number of carbonyl (C=O) groups is 1. The van der Waals surface area contributed by atoms with Gasteiger partial charge in [-0.25, -0.2) is 0 Å². The SMILES string of the molecule is CC/C=C\C/C=C\C/C=C\C/C=C\CCCCCCCCCCCCCCCCCCCCCCCCCCCCCCC(=O)NC(COC1OC(CO)C(OC2OC(CO)C(O)C(O)C2O)C(O)C1O)C(O)/C=C/CCCCCCCCCCCCC. The van der Waals surface area contributed by atoms with Gasteiger partial charge in [0, 0.05) is 6.42 Å². The number of aliphatic hydroxyl groups is 8. The monoisotopic (exact) mass is 1250 g/mol. The van der Waals surface area contributed by atoms with Crippen LogP contribution in [-0.4, -0.2) is 140 Å². The molecule has 0 aromatic rings. The predicted molar refractivity (Wildman–Crippen MR) is 360 cm³/mol. The maximum Gasteiger partial charge on any atom is 0.220 e. The van der Waals surface area contributed by atoms with E-state index in [9.17, 15) is 45.6 Å². The van der Waals surface area contributed by atoms with E-state index >= 15 is 0 Å². The molecule has 88 heavy (non-hydrogen) atoms. The average molecular weight is 1250 g/mol. The first kappa shape index (κ1) is 81.8. The Morgan fingerprint density at radius 2 is 0.784 bits per heavy atom. The van der Waals surface area contributed by atoms with E-state index in [0.717, 1.165) is 64.2 Å². The molecule has 0 aromatic carbocycles. The van der Waals surface area contributed by atoms with Crippen LogP contribution in [-0.2, 0) is 23.7 Å². The van der Waals surface area contributed by atoms with Crippen LogP contribution in [0.4, 0.5) is 0 Å². The van der Waals surface area contributed by atoms with Gasteiger partial charge in [0.25, 0.3) is 0 Å². The third-order valence-electron chi connectivity index (χ3n) is 17.7. The van der Waals surface area contributed by atoms with Gasteiger partial charge in [-0.15, -0.1) is 0 Å². The summed E-state index contributed by atoms with van der Waals surface area (Å²) in [4.78, 5) is 13.3. The van der Waals surface area contributed by atoms with E-state index in [0.29, 0.717) is 6.42 Å². The van der Waals surface area contributed by atoms with Crippen molar-refractivity contribution >= 4 is 5.91 Å². The lowest BCUT2D eigenvalue weighted by Gasteiger charge is -2.46. The van der Waals surface area contributed by atoms with E-state index in [-0.39, 0.29) is 18.9 Å². The number of rotatable bonds is 60. The van der Waals surface area contributed by atoms with Gasteiger partial charge in [-0.05, 0) is 57.8 Å². The van der Waals surface area contributed by atoms with Crippen molar-refractivity contribution in [2.45, 2.75) is 383 Å². The fraction of sp³-hybridized carbons (Fsp3) is 0.851. The van der Waals surface area contributed by atoms with Crippen molar-refractivity contribution in [1.29, 1.82) is 0 Å². The average Bonchev–Trinajstić information content (AvgIpc) is 2.45. The highest BCUT2D eigenvalue weighted by Crippen LogP contribution is 2.30. The number of hydrogen-bond acceptors (Lipinski definition) is 13. The molecule has 0 aliphatic carbocycles. The summed E-state index contributed by atoms with van der Waals surface area (Å²) in [5.41, 5.74) is 0. The zero-order chi connectivity index (χ0) is 63.8. The summed E-state index contributed by atoms with van der Waals surface area (Å²) < 4.78 is 22.8. The second-order valence-corrected chi connectivity index (χ2v) is 25.7. The Morgan fingerprint density at radius 3 is 1.20 bits per heavy atom. The quantitative estimate of drug-likeness (QED) is 0.0204. The molecule has 2 heterocycles. The fourth-order valence-electron chi connectivity index (χ4n) is 11.9. The Labute approximate surface area is 536 Å². The molecule has 12 atom stereocenters. The third-order valence-corrected chi connectivity index (χ3v) is 17.7. The van der Waals surface area contributed by atoms with Crippen LogP contribution in [0.2, 0.25) is 0 Å². The summed E-state index contributed by atoms with van der Waals surface area (Å²) in [6.07, 6.45) is 61.8. The number of aliphatic hydroxyl groups excluding tert-OH is 8. The van der Waals surface area contributed by atoms with Crippen molar-refractivity contribution < 1.29 is 64.6 Å². The molecule has 12 unspecified atom stereocenters. The van der Waals surface area contributed by atoms with E-state index in [1.54, 1.807) is 6.08 Å². The first-order valence-corrected chi connectivity index (χ1v) is 36.5. The summed E-state index contributed by atoms with van der Waals surface area (Å²) in [5.74, 6) is -0.235. The molecule has 2 fully saturated rings. The van der Waals surface area contributed by atoms with E-state index in [1.165, 1.54) is 218 Å². The highest BCUT2D eigenvalue weighted by Gasteiger charge is 2.51. The molecule has 2 aliphatic heterocycles. The molecule has 0 aromatic heterocycles. The molecule has 0 spiro atoms. The number of amides is 1. The number of nitrogens with one attached hydrogen (secondary N) is 1. The lowest BCUT2D eigenvalue weighted by Crippen LogP contribution is -2.65. The minimum atomic E-state index is -1.79. The molecule has 2 rings (SSSR count). The molecule has 14 nitrogen and oxygen atoms in total. The van der Waals surface area contributed by atoms with Gasteiger partial charge in [0.2, 0.25) is 5.91 Å². The van der Waals surface area contributed by atoms with Crippen molar-refractivity contribution in [2.24, 2.45) is 0 Å². The third kappa shape index (κ3) is 42.0. The fourth-order valence-corrected chi connectivity index (χ4v) is 11.9.